The molecule has 0 fully saturated rings. The van der Waals surface area contributed by atoms with Crippen LogP contribution in [-0.2, 0) is 15.3 Å². The zero-order valence-corrected chi connectivity index (χ0v) is 30.1. The van der Waals surface area contributed by atoms with Gasteiger partial charge in [-0.25, -0.2) is 0 Å². The van der Waals surface area contributed by atoms with E-state index >= 15 is 0 Å². The third-order valence-corrected chi connectivity index (χ3v) is 9.49. The third kappa shape index (κ3) is 6.67. The molecule has 0 amide bonds. The lowest BCUT2D eigenvalue weighted by Crippen LogP contribution is -2.32. The molecule has 2 heterocycles. The topological polar surface area (TPSA) is 55.8 Å². The van der Waals surface area contributed by atoms with Crippen molar-refractivity contribution in [3.05, 3.63) is 189 Å². The highest BCUT2D eigenvalue weighted by atomic mass is 35.5. The first-order valence-electron chi connectivity index (χ1n) is 16.4. The summed E-state index contributed by atoms with van der Waals surface area (Å²) in [5.41, 5.74) is 8.83. The first-order valence-corrected chi connectivity index (χ1v) is 17.2. The van der Waals surface area contributed by atoms with Gasteiger partial charge >= 0.3 is 0 Å². The minimum absolute atomic E-state index is 0.361. The number of aliphatic hydroxyl groups is 1. The van der Waals surface area contributed by atoms with Crippen LogP contribution >= 0.6 is 23.2 Å². The SMILES string of the molecule is CC(=O)Cl.Cc1ccc2c(c1)C(Cl)(c1ccccc1)c1cc(C)ccc1O2.Cc1ccc2c(c1)C(O)(c1ccccc1)c1cc(C)ccc1O2. The Morgan fingerprint density at radius 3 is 1.18 bits per heavy atom. The average Bonchev–Trinajstić information content (AvgIpc) is 3.11. The maximum atomic E-state index is 11.8. The van der Waals surface area contributed by atoms with Crippen molar-refractivity contribution in [1.29, 1.82) is 0 Å². The zero-order chi connectivity index (χ0) is 35.6. The molecule has 0 saturated heterocycles. The molecule has 6 aromatic rings. The molecule has 2 aliphatic rings. The van der Waals surface area contributed by atoms with Crippen molar-refractivity contribution in [2.45, 2.75) is 45.1 Å². The lowest BCUT2D eigenvalue weighted by Gasteiger charge is -2.37. The average molecular weight is 702 g/mol. The fourth-order valence-electron chi connectivity index (χ4n) is 6.53. The van der Waals surface area contributed by atoms with Crippen molar-refractivity contribution >= 4 is 28.4 Å². The largest absolute Gasteiger partial charge is 0.457 e. The molecule has 0 atom stereocenters. The molecule has 0 saturated carbocycles. The number of aryl methyl sites for hydroxylation is 4. The summed E-state index contributed by atoms with van der Waals surface area (Å²) in [5.74, 6) is 3.06. The van der Waals surface area contributed by atoms with E-state index < -0.39 is 10.5 Å². The van der Waals surface area contributed by atoms with Gasteiger partial charge in [0.05, 0.1) is 0 Å². The Bertz CT molecular complexity index is 1920. The predicted molar refractivity (Wildman–Crippen MR) is 202 cm³/mol. The molecular formula is C44H38Cl2O4. The van der Waals surface area contributed by atoms with Gasteiger partial charge in [0.15, 0.2) is 0 Å². The van der Waals surface area contributed by atoms with Gasteiger partial charge in [0.25, 0.3) is 0 Å². The van der Waals surface area contributed by atoms with Crippen LogP contribution in [0.5, 0.6) is 23.0 Å². The van der Waals surface area contributed by atoms with Gasteiger partial charge < -0.3 is 14.6 Å². The number of benzene rings is 6. The van der Waals surface area contributed by atoms with Crippen LogP contribution < -0.4 is 9.47 Å². The van der Waals surface area contributed by atoms with E-state index in [2.05, 4.69) is 61.8 Å². The van der Waals surface area contributed by atoms with Gasteiger partial charge in [-0.2, -0.15) is 0 Å². The normalized spacial score (nSPS) is 13.9. The molecule has 0 unspecified atom stereocenters. The van der Waals surface area contributed by atoms with Gasteiger partial charge in [-0.15, -0.1) is 11.6 Å². The fourth-order valence-corrected chi connectivity index (χ4v) is 6.95. The first-order chi connectivity index (χ1) is 23.9. The second kappa shape index (κ2) is 14.2. The molecule has 2 aliphatic heterocycles. The van der Waals surface area contributed by atoms with Crippen LogP contribution in [0.1, 0.15) is 62.6 Å². The minimum Gasteiger partial charge on any atom is -0.457 e. The molecule has 8 rings (SSSR count). The number of fused-ring (bicyclic) bond motifs is 4. The summed E-state index contributed by atoms with van der Waals surface area (Å²) in [5, 5.41) is 11.5. The number of rotatable bonds is 2. The number of hydrogen-bond acceptors (Lipinski definition) is 4. The van der Waals surface area contributed by atoms with E-state index in [0.717, 1.165) is 56.0 Å². The second-order valence-electron chi connectivity index (χ2n) is 12.8. The van der Waals surface area contributed by atoms with E-state index in [1.54, 1.807) is 0 Å². The fraction of sp³-hybridized carbons (Fsp3) is 0.159. The molecule has 0 aliphatic carbocycles. The van der Waals surface area contributed by atoms with Crippen LogP contribution in [0.4, 0.5) is 0 Å². The van der Waals surface area contributed by atoms with Gasteiger partial charge in [-0.1, -0.05) is 107 Å². The highest BCUT2D eigenvalue weighted by molar-refractivity contribution is 6.62. The summed E-state index contributed by atoms with van der Waals surface area (Å²) in [7, 11) is 0. The molecule has 0 aromatic heterocycles. The van der Waals surface area contributed by atoms with Gasteiger partial charge in [-0.3, -0.25) is 4.79 Å². The molecule has 252 valence electrons. The van der Waals surface area contributed by atoms with Crippen molar-refractivity contribution in [3.63, 3.8) is 0 Å². The maximum absolute atomic E-state index is 11.8. The molecule has 6 aromatic carbocycles. The van der Waals surface area contributed by atoms with Crippen LogP contribution in [0.2, 0.25) is 0 Å². The Hall–Kier alpha value is -4.87. The molecule has 6 heteroatoms. The van der Waals surface area contributed by atoms with Crippen LogP contribution in [0, 0.1) is 27.7 Å². The number of carbonyl (C=O) groups is 1. The highest BCUT2D eigenvalue weighted by Gasteiger charge is 2.43. The maximum Gasteiger partial charge on any atom is 0.218 e. The smallest absolute Gasteiger partial charge is 0.218 e. The second-order valence-corrected chi connectivity index (χ2v) is 13.9. The lowest BCUT2D eigenvalue weighted by atomic mass is 9.77. The van der Waals surface area contributed by atoms with Crippen LogP contribution in [0.15, 0.2) is 133 Å². The Kier molecular flexibility index (Phi) is 9.91. The van der Waals surface area contributed by atoms with Crippen molar-refractivity contribution in [1.82, 2.24) is 0 Å². The summed E-state index contributed by atoms with van der Waals surface area (Å²) < 4.78 is 12.2. The standard InChI is InChI=1S/C21H17ClO.C21H18O2.C2H3ClO/c2*1-14-8-10-19-17(12-14)21(22,16-6-4-3-5-7-16)18-13-15(2)9-11-20(18)23-19;1-2(3)4/h3-13H,1-2H3;3-13,22H,1-2H3;1H3. The van der Waals surface area contributed by atoms with E-state index in [9.17, 15) is 9.90 Å². The first kappa shape index (κ1) is 35.0. The molecule has 50 heavy (non-hydrogen) atoms. The Morgan fingerprint density at radius 1 is 0.520 bits per heavy atom. The number of carbonyl (C=O) groups excluding carboxylic acids is 1. The van der Waals surface area contributed by atoms with E-state index in [4.69, 9.17) is 21.1 Å². The van der Waals surface area contributed by atoms with E-state index in [0.29, 0.717) is 11.5 Å². The predicted octanol–water partition coefficient (Wildman–Crippen LogP) is 11.4. The number of ether oxygens (including phenoxy) is 2. The van der Waals surface area contributed by atoms with Crippen molar-refractivity contribution < 1.29 is 19.4 Å². The van der Waals surface area contributed by atoms with E-state index in [-0.39, 0.29) is 5.24 Å². The Labute approximate surface area is 303 Å². The van der Waals surface area contributed by atoms with Crippen LogP contribution in [-0.4, -0.2) is 10.3 Å². The molecule has 0 bridgehead atoms. The van der Waals surface area contributed by atoms with Crippen molar-refractivity contribution in [2.24, 2.45) is 0 Å². The van der Waals surface area contributed by atoms with E-state index in [1.807, 2.05) is 111 Å². The quantitative estimate of drug-likeness (QED) is 0.144. The summed E-state index contributed by atoms with van der Waals surface area (Å²) >= 11 is 12.0. The minimum atomic E-state index is -1.21. The highest BCUT2D eigenvalue weighted by Crippen LogP contribution is 2.55. The Balaban J connectivity index is 0.000000156. The number of hydrogen-bond donors (Lipinski definition) is 1. The molecule has 4 nitrogen and oxygen atoms in total. The summed E-state index contributed by atoms with van der Waals surface area (Å²) in [6.07, 6.45) is 0. The van der Waals surface area contributed by atoms with Crippen molar-refractivity contribution in [2.75, 3.05) is 0 Å². The molecule has 0 spiro atoms. The van der Waals surface area contributed by atoms with Gasteiger partial charge in [0.2, 0.25) is 5.24 Å². The van der Waals surface area contributed by atoms with Gasteiger partial charge in [0, 0.05) is 29.2 Å². The third-order valence-electron chi connectivity index (χ3n) is 8.87. The van der Waals surface area contributed by atoms with E-state index in [1.165, 1.54) is 18.1 Å². The van der Waals surface area contributed by atoms with Crippen molar-refractivity contribution in [3.8, 4) is 23.0 Å². The summed E-state index contributed by atoms with van der Waals surface area (Å²) in [6, 6.07) is 44.3. The Morgan fingerprint density at radius 2 is 0.820 bits per heavy atom. The molecular weight excluding hydrogens is 663 g/mol. The summed E-state index contributed by atoms with van der Waals surface area (Å²) in [6.45, 7) is 9.50. The summed E-state index contributed by atoms with van der Waals surface area (Å²) in [4.78, 5) is 8.48. The number of halogens is 2. The van der Waals surface area contributed by atoms with Gasteiger partial charge in [-0.05, 0) is 99.0 Å². The monoisotopic (exact) mass is 700 g/mol. The zero-order valence-electron chi connectivity index (χ0n) is 28.6. The lowest BCUT2D eigenvalue weighted by molar-refractivity contribution is -0.109. The molecule has 1 N–H and O–H groups in total. The van der Waals surface area contributed by atoms with Crippen LogP contribution in [0.25, 0.3) is 0 Å². The van der Waals surface area contributed by atoms with Gasteiger partial charge in [0.1, 0.15) is 33.5 Å². The van der Waals surface area contributed by atoms with Crippen LogP contribution in [0.3, 0.4) is 0 Å². The molecule has 0 radical (unpaired) electrons. The number of alkyl halides is 1.